The molecule has 17 heavy (non-hydrogen) atoms. The van der Waals surface area contributed by atoms with Crippen LogP contribution in [0.25, 0.3) is 10.8 Å². The molecule has 2 aromatic rings. The van der Waals surface area contributed by atoms with Crippen molar-refractivity contribution in [3.63, 3.8) is 0 Å². The van der Waals surface area contributed by atoms with Crippen LogP contribution in [0.5, 0.6) is 5.75 Å². The van der Waals surface area contributed by atoms with Gasteiger partial charge in [0.25, 0.3) is 0 Å². The van der Waals surface area contributed by atoms with Crippen molar-refractivity contribution in [3.8, 4) is 5.75 Å². The monoisotopic (exact) mass is 264 g/mol. The zero-order valence-electron chi connectivity index (χ0n) is 9.04. The minimum absolute atomic E-state index is 0. The van der Waals surface area contributed by atoms with E-state index in [4.69, 9.17) is 0 Å². The fraction of sp³-hybridized carbons (Fsp3) is 0. The van der Waals surface area contributed by atoms with Crippen LogP contribution in [0.2, 0.25) is 0 Å². The van der Waals surface area contributed by atoms with E-state index in [0.29, 0.717) is 10.8 Å². The zero-order chi connectivity index (χ0) is 11.1. The maximum absolute atomic E-state index is 10.7. The second-order valence-electron chi connectivity index (χ2n) is 3.15. The minimum atomic E-state index is -4.42. The third-order valence-corrected chi connectivity index (χ3v) is 2.92. The molecule has 0 radical (unpaired) electrons. The first-order valence-corrected chi connectivity index (χ1v) is 5.56. The SMILES string of the molecule is O.O=S(=O)([O-])c1ccc2cc(O)ccc2c1.[Na+]. The molecule has 0 unspecified atom stereocenters. The number of benzene rings is 2. The largest absolute Gasteiger partial charge is 1.00 e. The summed E-state index contributed by atoms with van der Waals surface area (Å²) in [5.74, 6) is 0.0974. The summed E-state index contributed by atoms with van der Waals surface area (Å²) < 4.78 is 32.2. The number of hydrogen-bond donors (Lipinski definition) is 1. The van der Waals surface area contributed by atoms with Gasteiger partial charge in [0.1, 0.15) is 15.9 Å². The van der Waals surface area contributed by atoms with E-state index in [1.807, 2.05) is 0 Å². The summed E-state index contributed by atoms with van der Waals surface area (Å²) in [6, 6.07) is 8.49. The molecule has 3 N–H and O–H groups in total. The molecule has 0 spiro atoms. The molecule has 2 aromatic carbocycles. The molecular formula is C10H9NaO5S. The third kappa shape index (κ3) is 3.67. The van der Waals surface area contributed by atoms with Crippen LogP contribution in [-0.4, -0.2) is 23.6 Å². The maximum atomic E-state index is 10.7. The van der Waals surface area contributed by atoms with Gasteiger partial charge in [-0.25, -0.2) is 8.42 Å². The summed E-state index contributed by atoms with van der Waals surface area (Å²) in [5.41, 5.74) is 0. The summed E-state index contributed by atoms with van der Waals surface area (Å²) >= 11 is 0. The van der Waals surface area contributed by atoms with Crippen LogP contribution in [0.4, 0.5) is 0 Å². The number of aromatic hydroxyl groups is 1. The van der Waals surface area contributed by atoms with Gasteiger partial charge in [-0.15, -0.1) is 0 Å². The first kappa shape index (κ1) is 16.4. The van der Waals surface area contributed by atoms with Gasteiger partial charge in [-0.1, -0.05) is 12.1 Å². The predicted octanol–water partition coefficient (Wildman–Crippen LogP) is -2.37. The normalized spacial score (nSPS) is 10.4. The van der Waals surface area contributed by atoms with Crippen molar-refractivity contribution in [3.05, 3.63) is 36.4 Å². The van der Waals surface area contributed by atoms with Crippen molar-refractivity contribution in [1.29, 1.82) is 0 Å². The summed E-state index contributed by atoms with van der Waals surface area (Å²) in [6.45, 7) is 0. The van der Waals surface area contributed by atoms with E-state index in [1.54, 1.807) is 6.07 Å². The van der Waals surface area contributed by atoms with Crippen molar-refractivity contribution >= 4 is 20.9 Å². The molecule has 5 nitrogen and oxygen atoms in total. The fourth-order valence-electron chi connectivity index (χ4n) is 1.37. The van der Waals surface area contributed by atoms with Gasteiger partial charge in [-0.2, -0.15) is 0 Å². The first-order chi connectivity index (χ1) is 6.97. The van der Waals surface area contributed by atoms with Crippen molar-refractivity contribution in [2.75, 3.05) is 0 Å². The van der Waals surface area contributed by atoms with Gasteiger partial charge in [0.2, 0.25) is 0 Å². The van der Waals surface area contributed by atoms with E-state index in [9.17, 15) is 18.1 Å². The summed E-state index contributed by atoms with van der Waals surface area (Å²) in [4.78, 5) is -0.263. The van der Waals surface area contributed by atoms with Crippen LogP contribution in [0.1, 0.15) is 0 Å². The van der Waals surface area contributed by atoms with Crippen LogP contribution < -0.4 is 29.6 Å². The molecule has 0 aliphatic rings. The van der Waals surface area contributed by atoms with E-state index < -0.39 is 10.1 Å². The molecule has 0 aliphatic carbocycles. The second-order valence-corrected chi connectivity index (χ2v) is 4.53. The minimum Gasteiger partial charge on any atom is -0.744 e. The Kier molecular flexibility index (Phi) is 5.60. The number of rotatable bonds is 1. The van der Waals surface area contributed by atoms with E-state index in [-0.39, 0.29) is 45.7 Å². The molecule has 0 atom stereocenters. The number of fused-ring (bicyclic) bond motifs is 1. The van der Waals surface area contributed by atoms with Gasteiger partial charge in [-0.05, 0) is 35.0 Å². The van der Waals surface area contributed by atoms with Crippen LogP contribution in [0.15, 0.2) is 41.3 Å². The molecular weight excluding hydrogens is 255 g/mol. The summed E-state index contributed by atoms with van der Waals surface area (Å²) in [5, 5.41) is 10.5. The summed E-state index contributed by atoms with van der Waals surface area (Å²) in [6.07, 6.45) is 0. The number of hydrogen-bond acceptors (Lipinski definition) is 4. The van der Waals surface area contributed by atoms with Gasteiger partial charge in [-0.3, -0.25) is 0 Å². The van der Waals surface area contributed by atoms with E-state index >= 15 is 0 Å². The Hall–Kier alpha value is -0.630. The first-order valence-electron chi connectivity index (χ1n) is 4.15. The topological polar surface area (TPSA) is 109 Å². The number of phenols is 1. The van der Waals surface area contributed by atoms with Crippen molar-refractivity contribution in [2.45, 2.75) is 4.90 Å². The molecule has 0 amide bonds. The van der Waals surface area contributed by atoms with Crippen molar-refractivity contribution in [2.24, 2.45) is 0 Å². The third-order valence-electron chi connectivity index (χ3n) is 2.08. The average molecular weight is 264 g/mol. The second kappa shape index (κ2) is 5.81. The van der Waals surface area contributed by atoms with Gasteiger partial charge < -0.3 is 15.1 Å². The molecule has 0 saturated heterocycles. The van der Waals surface area contributed by atoms with Gasteiger partial charge in [0, 0.05) is 0 Å². The van der Waals surface area contributed by atoms with E-state index in [2.05, 4.69) is 0 Å². The Balaban J connectivity index is 0.00000128. The Morgan fingerprint density at radius 1 is 1.00 bits per heavy atom. The molecule has 0 bridgehead atoms. The van der Waals surface area contributed by atoms with Crippen LogP contribution in [-0.2, 0) is 10.1 Å². The van der Waals surface area contributed by atoms with Gasteiger partial charge in [0.05, 0.1) is 4.90 Å². The Morgan fingerprint density at radius 3 is 2.12 bits per heavy atom. The van der Waals surface area contributed by atoms with Crippen molar-refractivity contribution in [1.82, 2.24) is 0 Å². The van der Waals surface area contributed by atoms with E-state index in [1.165, 1.54) is 30.3 Å². The standard InChI is InChI=1S/C10H8O4S.Na.H2O/c11-9-3-1-8-6-10(15(12,13)14)4-2-7(8)5-9;;/h1-6,11H,(H,12,13,14);;1H2/q;+1;/p-1. The average Bonchev–Trinajstić information content (AvgIpc) is 2.15. The molecule has 0 fully saturated rings. The zero-order valence-corrected chi connectivity index (χ0v) is 11.9. The Bertz CT molecular complexity index is 624. The Labute approximate surface area is 120 Å². The van der Waals surface area contributed by atoms with Crippen LogP contribution >= 0.6 is 0 Å². The number of phenolic OH excluding ortho intramolecular Hbond substituents is 1. The van der Waals surface area contributed by atoms with E-state index in [0.717, 1.165) is 0 Å². The van der Waals surface area contributed by atoms with Gasteiger partial charge >= 0.3 is 29.6 Å². The molecule has 0 aliphatic heterocycles. The molecule has 0 heterocycles. The molecule has 2 rings (SSSR count). The molecule has 0 saturated carbocycles. The molecule has 0 aromatic heterocycles. The molecule has 7 heteroatoms. The van der Waals surface area contributed by atoms with Gasteiger partial charge in [0.15, 0.2) is 0 Å². The summed E-state index contributed by atoms with van der Waals surface area (Å²) in [7, 11) is -4.42. The van der Waals surface area contributed by atoms with Crippen LogP contribution in [0, 0.1) is 0 Å². The quantitative estimate of drug-likeness (QED) is 0.458. The smallest absolute Gasteiger partial charge is 0.744 e. The molecule has 86 valence electrons. The Morgan fingerprint density at radius 2 is 1.53 bits per heavy atom. The van der Waals surface area contributed by atoms with Crippen molar-refractivity contribution < 1.29 is 53.1 Å². The maximum Gasteiger partial charge on any atom is 1.00 e. The fourth-order valence-corrected chi connectivity index (χ4v) is 1.87. The van der Waals surface area contributed by atoms with Crippen LogP contribution in [0.3, 0.4) is 0 Å². The predicted molar refractivity (Wildman–Crippen MR) is 57.2 cm³/mol.